The summed E-state index contributed by atoms with van der Waals surface area (Å²) in [5.41, 5.74) is -0.178. The van der Waals surface area contributed by atoms with Gasteiger partial charge in [-0.15, -0.1) is 0 Å². The SMILES string of the molecule is O=C([O-])C(O)C(O)C(=O)O.O=C([O-])c1ccccc1O.[Ag+].[Ag+]. The van der Waals surface area contributed by atoms with E-state index in [2.05, 4.69) is 0 Å². The van der Waals surface area contributed by atoms with Gasteiger partial charge in [0.1, 0.15) is 11.9 Å². The van der Waals surface area contributed by atoms with Crippen molar-refractivity contribution >= 4 is 17.9 Å². The van der Waals surface area contributed by atoms with Gasteiger partial charge in [0.05, 0.1) is 11.9 Å². The molecule has 0 saturated carbocycles. The van der Waals surface area contributed by atoms with Gasteiger partial charge in [-0.25, -0.2) is 4.79 Å². The molecule has 2 atom stereocenters. The van der Waals surface area contributed by atoms with Crippen LogP contribution in [0.4, 0.5) is 0 Å². The number of carbonyl (C=O) groups excluding carboxylic acids is 2. The standard InChI is InChI=1S/C7H6O3.C4H6O6.2Ag/c8-6-4-2-1-3-5(6)7(9)10;5-1(3(7)8)2(6)4(9)10;;/h1-4,8H,(H,9,10);1-2,5-6H,(H,7,8)(H,9,10);;/q;;2*+1/p-2. The number of carboxylic acids is 3. The van der Waals surface area contributed by atoms with Crippen LogP contribution in [0.25, 0.3) is 0 Å². The van der Waals surface area contributed by atoms with Crippen LogP contribution in [-0.4, -0.2) is 50.5 Å². The van der Waals surface area contributed by atoms with Crippen LogP contribution in [0.1, 0.15) is 10.4 Å². The van der Waals surface area contributed by atoms with Gasteiger partial charge in [0.15, 0.2) is 6.10 Å². The average molecular weight is 502 g/mol. The van der Waals surface area contributed by atoms with E-state index in [0.717, 1.165) is 0 Å². The van der Waals surface area contributed by atoms with Gasteiger partial charge in [-0.3, -0.25) is 0 Å². The monoisotopic (exact) mass is 500 g/mol. The van der Waals surface area contributed by atoms with Crippen molar-refractivity contribution in [3.63, 3.8) is 0 Å². The molecule has 0 saturated heterocycles. The van der Waals surface area contributed by atoms with Gasteiger partial charge < -0.3 is 40.2 Å². The first kappa shape index (κ1) is 25.8. The fourth-order valence-electron chi connectivity index (χ4n) is 0.910. The van der Waals surface area contributed by atoms with Crippen molar-refractivity contribution in [3.8, 4) is 5.75 Å². The molecular weight excluding hydrogens is 492 g/mol. The van der Waals surface area contributed by atoms with Gasteiger partial charge in [-0.05, 0) is 12.1 Å². The second-order valence-corrected chi connectivity index (χ2v) is 3.35. The number of hydrogen-bond donors (Lipinski definition) is 4. The van der Waals surface area contributed by atoms with E-state index in [1.54, 1.807) is 6.07 Å². The van der Waals surface area contributed by atoms with Crippen molar-refractivity contribution in [3.05, 3.63) is 29.8 Å². The van der Waals surface area contributed by atoms with Crippen LogP contribution in [0.3, 0.4) is 0 Å². The first-order valence-electron chi connectivity index (χ1n) is 4.97. The average Bonchev–Trinajstić information content (AvgIpc) is 2.37. The Morgan fingerprint density at radius 3 is 1.64 bits per heavy atom. The summed E-state index contributed by atoms with van der Waals surface area (Å²) in [6.07, 6.45) is -4.71. The normalized spacial score (nSPS) is 11.4. The van der Waals surface area contributed by atoms with Crippen molar-refractivity contribution in [2.24, 2.45) is 0 Å². The fraction of sp³-hybridized carbons (Fsp3) is 0.182. The summed E-state index contributed by atoms with van der Waals surface area (Å²) in [5.74, 6) is -5.45. The second-order valence-electron chi connectivity index (χ2n) is 3.35. The summed E-state index contributed by atoms with van der Waals surface area (Å²) in [4.78, 5) is 29.6. The Balaban J connectivity index is -0.000000301. The molecule has 9 nitrogen and oxygen atoms in total. The summed E-state index contributed by atoms with van der Waals surface area (Å²) < 4.78 is 0. The maximum atomic E-state index is 10.2. The Morgan fingerprint density at radius 1 is 0.955 bits per heavy atom. The van der Waals surface area contributed by atoms with Gasteiger partial charge >= 0.3 is 50.7 Å². The molecule has 1 aromatic carbocycles. The van der Waals surface area contributed by atoms with Crippen LogP contribution in [0.2, 0.25) is 0 Å². The van der Waals surface area contributed by atoms with Gasteiger partial charge in [-0.2, -0.15) is 0 Å². The number of phenols is 1. The Bertz CT molecular complexity index is 488. The molecule has 0 amide bonds. The minimum atomic E-state index is -2.38. The van der Waals surface area contributed by atoms with E-state index in [1.807, 2.05) is 0 Å². The van der Waals surface area contributed by atoms with E-state index < -0.39 is 30.1 Å². The molecule has 0 radical (unpaired) electrons. The van der Waals surface area contributed by atoms with Crippen molar-refractivity contribution < 1.29 is 89.8 Å². The number of aromatic hydroxyl groups is 1. The third-order valence-electron chi connectivity index (χ3n) is 1.92. The smallest absolute Gasteiger partial charge is 0.547 e. The number of carbonyl (C=O) groups is 3. The van der Waals surface area contributed by atoms with Gasteiger partial charge in [-0.1, -0.05) is 12.1 Å². The number of aliphatic hydroxyl groups is 2. The third-order valence-corrected chi connectivity index (χ3v) is 1.92. The van der Waals surface area contributed by atoms with Crippen molar-refractivity contribution in [1.82, 2.24) is 0 Å². The Hall–Kier alpha value is -1.17. The quantitative estimate of drug-likeness (QED) is 0.302. The summed E-state index contributed by atoms with van der Waals surface area (Å²) in [6, 6.07) is 5.64. The predicted molar refractivity (Wildman–Crippen MR) is 57.1 cm³/mol. The zero-order valence-electron chi connectivity index (χ0n) is 10.4. The van der Waals surface area contributed by atoms with Crippen molar-refractivity contribution in [2.75, 3.05) is 0 Å². The molecule has 0 aliphatic heterocycles. The minimum Gasteiger partial charge on any atom is -0.547 e. The molecular formula is C11H10Ag2O9. The molecule has 0 heterocycles. The van der Waals surface area contributed by atoms with E-state index in [4.69, 9.17) is 20.4 Å². The zero-order valence-corrected chi connectivity index (χ0v) is 13.4. The molecule has 0 spiro atoms. The molecule has 2 unspecified atom stereocenters. The van der Waals surface area contributed by atoms with Crippen LogP contribution in [0.5, 0.6) is 5.75 Å². The van der Waals surface area contributed by atoms with Crippen LogP contribution < -0.4 is 10.2 Å². The predicted octanol–water partition coefficient (Wildman–Crippen LogP) is -3.71. The molecule has 22 heavy (non-hydrogen) atoms. The molecule has 0 aliphatic rings. The summed E-state index contributed by atoms with van der Waals surface area (Å²) in [6.45, 7) is 0. The fourth-order valence-corrected chi connectivity index (χ4v) is 0.910. The maximum absolute atomic E-state index is 10.2. The molecule has 11 heteroatoms. The van der Waals surface area contributed by atoms with E-state index >= 15 is 0 Å². The number of carboxylic acid groups (broad SMARTS) is 3. The second kappa shape index (κ2) is 12.4. The number of benzene rings is 1. The summed E-state index contributed by atoms with van der Waals surface area (Å²) in [7, 11) is 0. The number of aromatic carboxylic acids is 1. The molecule has 0 aliphatic carbocycles. The van der Waals surface area contributed by atoms with Crippen LogP contribution in [-0.2, 0) is 54.3 Å². The first-order chi connectivity index (χ1) is 9.18. The van der Waals surface area contributed by atoms with Crippen molar-refractivity contribution in [2.45, 2.75) is 12.2 Å². The number of aliphatic carboxylic acids is 2. The molecule has 130 valence electrons. The number of para-hydroxylation sites is 1. The van der Waals surface area contributed by atoms with E-state index in [0.29, 0.717) is 0 Å². The minimum absolute atomic E-state index is 0. The van der Waals surface area contributed by atoms with E-state index in [-0.39, 0.29) is 56.1 Å². The Kier molecular flexibility index (Phi) is 14.5. The molecule has 1 aromatic rings. The van der Waals surface area contributed by atoms with Crippen LogP contribution in [0.15, 0.2) is 24.3 Å². The molecule has 0 aromatic heterocycles. The summed E-state index contributed by atoms with van der Waals surface area (Å²) >= 11 is 0. The van der Waals surface area contributed by atoms with E-state index in [9.17, 15) is 24.6 Å². The van der Waals surface area contributed by atoms with E-state index in [1.165, 1.54) is 18.2 Å². The van der Waals surface area contributed by atoms with Gasteiger partial charge in [0, 0.05) is 5.56 Å². The zero-order chi connectivity index (χ0) is 15.9. The molecule has 0 fully saturated rings. The maximum Gasteiger partial charge on any atom is 1.00 e. The number of rotatable bonds is 4. The molecule has 4 N–H and O–H groups in total. The Morgan fingerprint density at radius 2 is 1.41 bits per heavy atom. The molecule has 0 bridgehead atoms. The number of aliphatic hydroxyl groups excluding tert-OH is 2. The first-order valence-corrected chi connectivity index (χ1v) is 4.97. The largest absolute Gasteiger partial charge is 1.00 e. The van der Waals surface area contributed by atoms with Crippen LogP contribution >= 0.6 is 0 Å². The van der Waals surface area contributed by atoms with Crippen LogP contribution in [0, 0.1) is 0 Å². The summed E-state index contributed by atoms with van der Waals surface area (Å²) in [5, 5.41) is 53.1. The topological polar surface area (TPSA) is 178 Å². The molecule has 1 rings (SSSR count). The van der Waals surface area contributed by atoms with Gasteiger partial charge in [0.2, 0.25) is 0 Å². The van der Waals surface area contributed by atoms with Gasteiger partial charge in [0.25, 0.3) is 0 Å². The van der Waals surface area contributed by atoms with Crippen molar-refractivity contribution in [1.29, 1.82) is 0 Å². The third kappa shape index (κ3) is 8.97. The Labute approximate surface area is 155 Å². The number of hydrogen-bond acceptors (Lipinski definition) is 8.